The SMILES string of the molecule is CC(C)=CCCC(C)=CCCC(C)=CCCC1(C)CCc2cc(OC(=O)Nc3ccccc3)c(C)c(C)c2O1. The summed E-state index contributed by atoms with van der Waals surface area (Å²) in [5.41, 5.74) is 7.92. The van der Waals surface area contributed by atoms with Crippen LogP contribution in [0.2, 0.25) is 0 Å². The standard InChI is InChI=1S/C35H47NO3/c1-25(2)14-11-15-26(3)16-12-17-27(4)18-13-22-35(7)23-21-30-24-32(28(5)29(6)33(30)39-35)38-34(37)36-31-19-9-8-10-20-31/h8-10,14,16,18-20,24H,11-13,15,17,21-23H2,1-7H3,(H,36,37). The molecule has 3 rings (SSSR count). The first-order chi connectivity index (χ1) is 18.6. The third kappa shape index (κ3) is 9.45. The van der Waals surface area contributed by atoms with Crippen LogP contribution in [0.15, 0.2) is 71.3 Å². The molecule has 1 unspecified atom stereocenters. The monoisotopic (exact) mass is 529 g/mol. The van der Waals surface area contributed by atoms with Crippen LogP contribution in [0.5, 0.6) is 11.5 Å². The van der Waals surface area contributed by atoms with Crippen molar-refractivity contribution in [2.45, 2.75) is 105 Å². The van der Waals surface area contributed by atoms with Gasteiger partial charge in [0.05, 0.1) is 0 Å². The second-order valence-corrected chi connectivity index (χ2v) is 11.5. The number of carbonyl (C=O) groups excluding carboxylic acids is 1. The number of hydrogen-bond donors (Lipinski definition) is 1. The van der Waals surface area contributed by atoms with E-state index in [2.05, 4.69) is 65.1 Å². The Labute approximate surface area is 236 Å². The van der Waals surface area contributed by atoms with E-state index in [0.29, 0.717) is 11.4 Å². The largest absolute Gasteiger partial charge is 0.487 e. The summed E-state index contributed by atoms with van der Waals surface area (Å²) in [4.78, 5) is 12.5. The number of para-hydroxylation sites is 1. The number of aryl methyl sites for hydroxylation is 1. The number of rotatable bonds is 11. The van der Waals surface area contributed by atoms with Gasteiger partial charge in [-0.3, -0.25) is 5.32 Å². The summed E-state index contributed by atoms with van der Waals surface area (Å²) in [5.74, 6) is 1.54. The van der Waals surface area contributed by atoms with Crippen molar-refractivity contribution in [3.8, 4) is 11.5 Å². The average Bonchev–Trinajstić information content (AvgIpc) is 2.88. The highest BCUT2D eigenvalue weighted by molar-refractivity contribution is 5.86. The predicted molar refractivity (Wildman–Crippen MR) is 164 cm³/mol. The molecule has 1 atom stereocenters. The van der Waals surface area contributed by atoms with E-state index in [1.54, 1.807) is 0 Å². The second-order valence-electron chi connectivity index (χ2n) is 11.5. The van der Waals surface area contributed by atoms with Gasteiger partial charge < -0.3 is 9.47 Å². The van der Waals surface area contributed by atoms with Gasteiger partial charge in [-0.1, -0.05) is 53.1 Å². The van der Waals surface area contributed by atoms with Crippen LogP contribution >= 0.6 is 0 Å². The molecule has 4 nitrogen and oxygen atoms in total. The molecule has 0 spiro atoms. The summed E-state index contributed by atoms with van der Waals surface area (Å²) >= 11 is 0. The van der Waals surface area contributed by atoms with E-state index >= 15 is 0 Å². The van der Waals surface area contributed by atoms with E-state index < -0.39 is 6.09 Å². The van der Waals surface area contributed by atoms with E-state index in [1.807, 2.05) is 43.3 Å². The molecule has 1 N–H and O–H groups in total. The molecule has 0 saturated carbocycles. The lowest BCUT2D eigenvalue weighted by molar-refractivity contribution is 0.0561. The Bertz CT molecular complexity index is 1220. The van der Waals surface area contributed by atoms with Crippen molar-refractivity contribution in [1.82, 2.24) is 0 Å². The molecule has 0 bridgehead atoms. The van der Waals surface area contributed by atoms with E-state index in [-0.39, 0.29) is 5.60 Å². The number of fused-ring (bicyclic) bond motifs is 1. The van der Waals surface area contributed by atoms with Crippen molar-refractivity contribution in [3.05, 3.63) is 88.0 Å². The molecule has 0 aliphatic carbocycles. The van der Waals surface area contributed by atoms with Crippen molar-refractivity contribution in [2.75, 3.05) is 5.32 Å². The van der Waals surface area contributed by atoms with Crippen LogP contribution in [-0.4, -0.2) is 11.7 Å². The van der Waals surface area contributed by atoms with Gasteiger partial charge in [-0.25, -0.2) is 4.79 Å². The van der Waals surface area contributed by atoms with Crippen LogP contribution in [0.4, 0.5) is 10.5 Å². The maximum Gasteiger partial charge on any atom is 0.417 e. The van der Waals surface area contributed by atoms with Gasteiger partial charge >= 0.3 is 6.09 Å². The van der Waals surface area contributed by atoms with Crippen molar-refractivity contribution in [1.29, 1.82) is 0 Å². The van der Waals surface area contributed by atoms with Crippen LogP contribution in [0, 0.1) is 13.8 Å². The predicted octanol–water partition coefficient (Wildman–Crippen LogP) is 10.2. The molecule has 0 fully saturated rings. The van der Waals surface area contributed by atoms with Gasteiger partial charge in [-0.05, 0) is 135 Å². The van der Waals surface area contributed by atoms with Crippen LogP contribution in [0.25, 0.3) is 0 Å². The first-order valence-corrected chi connectivity index (χ1v) is 14.4. The molecule has 2 aromatic carbocycles. The molecule has 0 saturated heterocycles. The zero-order valence-electron chi connectivity index (χ0n) is 25.1. The fourth-order valence-corrected chi connectivity index (χ4v) is 4.96. The Balaban J connectivity index is 1.53. The molecule has 0 radical (unpaired) electrons. The van der Waals surface area contributed by atoms with Gasteiger partial charge in [0.15, 0.2) is 0 Å². The van der Waals surface area contributed by atoms with Gasteiger partial charge in [0.1, 0.15) is 17.1 Å². The van der Waals surface area contributed by atoms with Crippen LogP contribution in [0.3, 0.4) is 0 Å². The summed E-state index contributed by atoms with van der Waals surface area (Å²) < 4.78 is 12.3. The summed E-state index contributed by atoms with van der Waals surface area (Å²) in [6, 6.07) is 11.3. The highest BCUT2D eigenvalue weighted by Crippen LogP contribution is 2.42. The van der Waals surface area contributed by atoms with Crippen LogP contribution in [-0.2, 0) is 6.42 Å². The molecule has 1 heterocycles. The summed E-state index contributed by atoms with van der Waals surface area (Å²) in [6.45, 7) is 15.1. The van der Waals surface area contributed by atoms with Crippen molar-refractivity contribution >= 4 is 11.8 Å². The van der Waals surface area contributed by atoms with E-state index in [4.69, 9.17) is 9.47 Å². The lowest BCUT2D eigenvalue weighted by Crippen LogP contribution is -2.36. The molecule has 210 valence electrons. The third-order valence-electron chi connectivity index (χ3n) is 7.65. The zero-order valence-corrected chi connectivity index (χ0v) is 25.1. The third-order valence-corrected chi connectivity index (χ3v) is 7.65. The number of ether oxygens (including phenoxy) is 2. The van der Waals surface area contributed by atoms with Gasteiger partial charge in [-0.2, -0.15) is 0 Å². The minimum absolute atomic E-state index is 0.199. The number of anilines is 1. The lowest BCUT2D eigenvalue weighted by atomic mass is 9.86. The number of hydrogen-bond acceptors (Lipinski definition) is 3. The zero-order chi connectivity index (χ0) is 28.4. The second kappa shape index (κ2) is 14.2. The Hall–Kier alpha value is -3.27. The normalized spacial score (nSPS) is 17.2. The Kier molecular flexibility index (Phi) is 11.0. The van der Waals surface area contributed by atoms with Gasteiger partial charge in [0, 0.05) is 5.69 Å². The molecular weight excluding hydrogens is 482 g/mol. The van der Waals surface area contributed by atoms with E-state index in [1.165, 1.54) is 16.7 Å². The maximum absolute atomic E-state index is 12.5. The number of carbonyl (C=O) groups is 1. The fourth-order valence-electron chi connectivity index (χ4n) is 4.96. The molecule has 39 heavy (non-hydrogen) atoms. The van der Waals surface area contributed by atoms with Crippen molar-refractivity contribution in [3.63, 3.8) is 0 Å². The summed E-state index contributed by atoms with van der Waals surface area (Å²) in [5, 5.41) is 2.79. The Morgan fingerprint density at radius 1 is 0.949 bits per heavy atom. The minimum Gasteiger partial charge on any atom is -0.487 e. The fraction of sp³-hybridized carbons (Fsp3) is 0.457. The van der Waals surface area contributed by atoms with Crippen molar-refractivity contribution in [2.24, 2.45) is 0 Å². The average molecular weight is 530 g/mol. The lowest BCUT2D eigenvalue weighted by Gasteiger charge is -2.37. The topological polar surface area (TPSA) is 47.6 Å². The summed E-state index contributed by atoms with van der Waals surface area (Å²) in [6.07, 6.45) is 15.0. The van der Waals surface area contributed by atoms with Crippen LogP contribution < -0.4 is 14.8 Å². The number of nitrogens with one attached hydrogen (secondary N) is 1. The maximum atomic E-state index is 12.5. The summed E-state index contributed by atoms with van der Waals surface area (Å²) in [7, 11) is 0. The quantitative estimate of drug-likeness (QED) is 0.295. The molecular formula is C35H47NO3. The van der Waals surface area contributed by atoms with Crippen LogP contribution in [0.1, 0.15) is 96.3 Å². The van der Waals surface area contributed by atoms with Gasteiger partial charge in [0.25, 0.3) is 0 Å². The van der Waals surface area contributed by atoms with Gasteiger partial charge in [-0.15, -0.1) is 0 Å². The molecule has 1 aliphatic heterocycles. The minimum atomic E-state index is -0.484. The molecule has 1 aliphatic rings. The number of allylic oxidation sites excluding steroid dienone is 6. The van der Waals surface area contributed by atoms with E-state index in [9.17, 15) is 4.79 Å². The van der Waals surface area contributed by atoms with Crippen molar-refractivity contribution < 1.29 is 14.3 Å². The molecule has 0 aromatic heterocycles. The number of benzene rings is 2. The Morgan fingerprint density at radius 3 is 2.26 bits per heavy atom. The molecule has 1 amide bonds. The first-order valence-electron chi connectivity index (χ1n) is 14.4. The number of amides is 1. The first kappa shape index (κ1) is 30.3. The molecule has 4 heteroatoms. The highest BCUT2D eigenvalue weighted by Gasteiger charge is 2.33. The highest BCUT2D eigenvalue weighted by atomic mass is 16.6. The smallest absolute Gasteiger partial charge is 0.417 e. The van der Waals surface area contributed by atoms with E-state index in [0.717, 1.165) is 73.8 Å². The Morgan fingerprint density at radius 2 is 1.59 bits per heavy atom. The molecule has 2 aromatic rings. The van der Waals surface area contributed by atoms with Gasteiger partial charge in [0.2, 0.25) is 0 Å².